The zero-order valence-corrected chi connectivity index (χ0v) is 18.8. The van der Waals surface area contributed by atoms with E-state index in [1.54, 1.807) is 26.2 Å². The van der Waals surface area contributed by atoms with Gasteiger partial charge in [-0.15, -0.1) is 0 Å². The second kappa shape index (κ2) is 8.92. The van der Waals surface area contributed by atoms with Gasteiger partial charge in [-0.05, 0) is 81.9 Å². The predicted molar refractivity (Wildman–Crippen MR) is 122 cm³/mol. The summed E-state index contributed by atoms with van der Waals surface area (Å²) in [7, 11) is 1.65. The normalized spacial score (nSPS) is 16.6. The van der Waals surface area contributed by atoms with Gasteiger partial charge in [-0.1, -0.05) is 0 Å². The third kappa shape index (κ3) is 5.02. The first-order valence-corrected chi connectivity index (χ1v) is 10.4. The Morgan fingerprint density at radius 3 is 2.70 bits per heavy atom. The van der Waals surface area contributed by atoms with E-state index >= 15 is 0 Å². The summed E-state index contributed by atoms with van der Waals surface area (Å²) in [5, 5.41) is 7.15. The number of aryl methyl sites for hydroxylation is 1. The molecule has 1 aliphatic heterocycles. The van der Waals surface area contributed by atoms with E-state index in [2.05, 4.69) is 24.5 Å². The van der Waals surface area contributed by atoms with E-state index in [9.17, 15) is 4.79 Å². The molecule has 2 N–H and O–H groups in total. The monoisotopic (exact) mass is 428 g/mol. The molecular weight excluding hydrogens is 400 g/mol. The molecule has 30 heavy (non-hydrogen) atoms. The summed E-state index contributed by atoms with van der Waals surface area (Å²) < 4.78 is 16.6. The molecule has 7 heteroatoms. The van der Waals surface area contributed by atoms with Crippen LogP contribution in [0.1, 0.15) is 54.7 Å². The summed E-state index contributed by atoms with van der Waals surface area (Å²) in [6.45, 7) is 8.17. The van der Waals surface area contributed by atoms with E-state index in [0.717, 1.165) is 34.7 Å². The molecule has 2 aromatic rings. The van der Waals surface area contributed by atoms with E-state index in [0.29, 0.717) is 17.3 Å². The fourth-order valence-electron chi connectivity index (χ4n) is 3.55. The van der Waals surface area contributed by atoms with Crippen molar-refractivity contribution in [2.24, 2.45) is 0 Å². The van der Waals surface area contributed by atoms with Gasteiger partial charge in [0.15, 0.2) is 5.11 Å². The summed E-state index contributed by atoms with van der Waals surface area (Å²) in [5.74, 6) is 1.26. The van der Waals surface area contributed by atoms with Crippen LogP contribution in [0.5, 0.6) is 11.5 Å². The minimum Gasteiger partial charge on any atom is -0.497 e. The number of anilines is 1. The molecular formula is C23H28N2O4S. The van der Waals surface area contributed by atoms with E-state index in [1.807, 2.05) is 31.2 Å². The van der Waals surface area contributed by atoms with Crippen molar-refractivity contribution < 1.29 is 19.0 Å². The molecule has 0 saturated heterocycles. The fraction of sp³-hybridized carbons (Fsp3) is 0.391. The maximum atomic E-state index is 11.9. The molecule has 0 aromatic heterocycles. The highest BCUT2D eigenvalue weighted by Crippen LogP contribution is 2.41. The summed E-state index contributed by atoms with van der Waals surface area (Å²) in [5.41, 5.74) is 2.93. The lowest BCUT2D eigenvalue weighted by Gasteiger charge is -2.38. The van der Waals surface area contributed by atoms with Crippen LogP contribution in [0.25, 0.3) is 0 Å². The van der Waals surface area contributed by atoms with Crippen molar-refractivity contribution in [2.45, 2.75) is 45.8 Å². The van der Waals surface area contributed by atoms with Gasteiger partial charge in [0.1, 0.15) is 17.1 Å². The molecule has 1 unspecified atom stereocenters. The highest BCUT2D eigenvalue weighted by atomic mass is 32.1. The minimum absolute atomic E-state index is 0.0297. The first-order chi connectivity index (χ1) is 14.2. The summed E-state index contributed by atoms with van der Waals surface area (Å²) >= 11 is 5.58. The number of esters is 1. The molecule has 0 spiro atoms. The molecule has 6 nitrogen and oxygen atoms in total. The first-order valence-electron chi connectivity index (χ1n) is 9.94. The van der Waals surface area contributed by atoms with Crippen molar-refractivity contribution in [1.29, 1.82) is 0 Å². The highest BCUT2D eigenvalue weighted by Gasteiger charge is 2.34. The van der Waals surface area contributed by atoms with Crippen LogP contribution in [-0.2, 0) is 4.74 Å². The Hall–Kier alpha value is -2.80. The number of carbonyl (C=O) groups is 1. The lowest BCUT2D eigenvalue weighted by atomic mass is 9.89. The van der Waals surface area contributed by atoms with Crippen LogP contribution in [0, 0.1) is 6.92 Å². The standard InChI is InChI=1S/C23H28N2O4S/c1-6-28-21(26)15-7-9-18(14(2)11-15)24-22(30)25-19-13-23(3,4)29-20-10-8-16(27-5)12-17(19)20/h7-12,19H,6,13H2,1-5H3,(H2,24,25,30). The van der Waals surface area contributed by atoms with E-state index < -0.39 is 0 Å². The number of thiocarbonyl (C=S) groups is 1. The molecule has 1 aliphatic rings. The third-order valence-electron chi connectivity index (χ3n) is 4.97. The van der Waals surface area contributed by atoms with E-state index in [-0.39, 0.29) is 17.6 Å². The van der Waals surface area contributed by atoms with Crippen molar-refractivity contribution >= 4 is 29.0 Å². The Kier molecular flexibility index (Phi) is 6.51. The van der Waals surface area contributed by atoms with Gasteiger partial charge in [-0.3, -0.25) is 0 Å². The van der Waals surface area contributed by atoms with Gasteiger partial charge in [0.25, 0.3) is 0 Å². The van der Waals surface area contributed by atoms with Gasteiger partial charge < -0.3 is 24.8 Å². The molecule has 0 fully saturated rings. The molecule has 160 valence electrons. The third-order valence-corrected chi connectivity index (χ3v) is 5.19. The van der Waals surface area contributed by atoms with Crippen molar-refractivity contribution in [3.8, 4) is 11.5 Å². The Morgan fingerprint density at radius 1 is 1.27 bits per heavy atom. The lowest BCUT2D eigenvalue weighted by Crippen LogP contribution is -2.42. The molecule has 0 radical (unpaired) electrons. The number of rotatable bonds is 5. The van der Waals surface area contributed by atoms with Crippen LogP contribution < -0.4 is 20.1 Å². The van der Waals surface area contributed by atoms with Gasteiger partial charge in [0.2, 0.25) is 0 Å². The molecule has 0 aliphatic carbocycles. The summed E-state index contributed by atoms with van der Waals surface area (Å²) in [6, 6.07) is 11.1. The zero-order valence-electron chi connectivity index (χ0n) is 18.0. The molecule has 1 heterocycles. The fourth-order valence-corrected chi connectivity index (χ4v) is 3.80. The summed E-state index contributed by atoms with van der Waals surface area (Å²) in [6.07, 6.45) is 0.746. The van der Waals surface area contributed by atoms with Gasteiger partial charge >= 0.3 is 5.97 Å². The second-order valence-corrected chi connectivity index (χ2v) is 8.28. The first kappa shape index (κ1) is 21.9. The predicted octanol–water partition coefficient (Wildman–Crippen LogP) is 4.77. The average Bonchev–Trinajstić information content (AvgIpc) is 2.68. The number of nitrogens with one attached hydrogen (secondary N) is 2. The van der Waals surface area contributed by atoms with Crippen molar-refractivity contribution in [1.82, 2.24) is 5.32 Å². The smallest absolute Gasteiger partial charge is 0.338 e. The number of hydrogen-bond acceptors (Lipinski definition) is 5. The zero-order chi connectivity index (χ0) is 21.9. The van der Waals surface area contributed by atoms with Gasteiger partial charge in [-0.25, -0.2) is 4.79 Å². The molecule has 0 amide bonds. The van der Waals surface area contributed by atoms with Crippen molar-refractivity contribution in [3.05, 3.63) is 53.1 Å². The average molecular weight is 429 g/mol. The van der Waals surface area contributed by atoms with Crippen LogP contribution in [0.4, 0.5) is 5.69 Å². The van der Waals surface area contributed by atoms with Crippen LogP contribution in [0.15, 0.2) is 36.4 Å². The number of benzene rings is 2. The number of carbonyl (C=O) groups excluding carboxylic acids is 1. The van der Waals surface area contributed by atoms with Crippen molar-refractivity contribution in [2.75, 3.05) is 19.0 Å². The Bertz CT molecular complexity index is 958. The highest BCUT2D eigenvalue weighted by molar-refractivity contribution is 7.80. The Morgan fingerprint density at radius 2 is 2.03 bits per heavy atom. The minimum atomic E-state index is -0.331. The van der Waals surface area contributed by atoms with Crippen LogP contribution in [0.3, 0.4) is 0 Å². The van der Waals surface area contributed by atoms with Gasteiger partial charge in [-0.2, -0.15) is 0 Å². The number of ether oxygens (including phenoxy) is 3. The largest absolute Gasteiger partial charge is 0.497 e. The lowest BCUT2D eigenvalue weighted by molar-refractivity contribution is 0.0526. The Balaban J connectivity index is 1.76. The molecule has 2 aromatic carbocycles. The van der Waals surface area contributed by atoms with Crippen LogP contribution in [0.2, 0.25) is 0 Å². The molecule has 0 bridgehead atoms. The SMILES string of the molecule is CCOC(=O)c1ccc(NC(=S)NC2CC(C)(C)Oc3ccc(OC)cc32)c(C)c1. The number of fused-ring (bicyclic) bond motifs is 1. The van der Waals surface area contributed by atoms with E-state index in [1.165, 1.54) is 0 Å². The molecule has 3 rings (SSSR count). The Labute approximate surface area is 182 Å². The second-order valence-electron chi connectivity index (χ2n) is 7.87. The van der Waals surface area contributed by atoms with Gasteiger partial charge in [0, 0.05) is 17.7 Å². The van der Waals surface area contributed by atoms with Crippen LogP contribution >= 0.6 is 12.2 Å². The number of methoxy groups -OCH3 is 1. The molecule has 0 saturated carbocycles. The maximum Gasteiger partial charge on any atom is 0.338 e. The quantitative estimate of drug-likeness (QED) is 0.525. The topological polar surface area (TPSA) is 68.8 Å². The maximum absolute atomic E-state index is 11.9. The molecule has 1 atom stereocenters. The number of hydrogen-bond donors (Lipinski definition) is 2. The van der Waals surface area contributed by atoms with Gasteiger partial charge in [0.05, 0.1) is 25.3 Å². The van der Waals surface area contributed by atoms with Crippen molar-refractivity contribution in [3.63, 3.8) is 0 Å². The van der Waals surface area contributed by atoms with Crippen LogP contribution in [-0.4, -0.2) is 30.4 Å². The van der Waals surface area contributed by atoms with E-state index in [4.69, 9.17) is 26.4 Å². The summed E-state index contributed by atoms with van der Waals surface area (Å²) in [4.78, 5) is 11.9.